The van der Waals surface area contributed by atoms with E-state index in [1.807, 2.05) is 0 Å². The number of aliphatic hydroxyl groups is 4. The number of ether oxygens (including phenoxy) is 12. The van der Waals surface area contributed by atoms with Crippen LogP contribution >= 0.6 is 0 Å². The van der Waals surface area contributed by atoms with Crippen LogP contribution in [0.25, 0.3) is 44.7 Å². The number of terminal acetylenes is 4. The molecule has 4 aliphatic heterocycles. The van der Waals surface area contributed by atoms with Crippen LogP contribution in [0.15, 0.2) is 25.3 Å². The Morgan fingerprint density at radius 3 is 0.788 bits per heavy atom. The first-order chi connectivity index (χ1) is 70.1. The van der Waals surface area contributed by atoms with Gasteiger partial charge in [-0.25, -0.2) is 79.0 Å². The predicted molar refractivity (Wildman–Crippen MR) is 526 cm³/mol. The molecular formula is C106H136N20O20. The fraction of sp³-hybridized carbons (Fsp3) is 0.698. The minimum Gasteiger partial charge on any atom is -0.434 e. The summed E-state index contributed by atoms with van der Waals surface area (Å²) in [4.78, 5) is 101. The molecule has 20 aliphatic rings. The second-order valence-corrected chi connectivity index (χ2v) is 46.3. The van der Waals surface area contributed by atoms with Crippen LogP contribution in [-0.2, 0) is 56.8 Å². The predicted octanol–water partition coefficient (Wildman–Crippen LogP) is 13.3. The highest BCUT2D eigenvalue weighted by Crippen LogP contribution is 2.66. The van der Waals surface area contributed by atoms with Crippen molar-refractivity contribution in [2.75, 3.05) is 75.8 Å². The molecule has 16 bridgehead atoms. The van der Waals surface area contributed by atoms with Gasteiger partial charge < -0.3 is 100 Å². The summed E-state index contributed by atoms with van der Waals surface area (Å²) in [7, 11) is 0. The molecule has 4 saturated heterocycles. The van der Waals surface area contributed by atoms with Crippen LogP contribution in [0.1, 0.15) is 267 Å². The monoisotopic (exact) mass is 2010 g/mol. The fourth-order valence-electron chi connectivity index (χ4n) is 31.0. The first-order valence-electron chi connectivity index (χ1n) is 52.5. The van der Waals surface area contributed by atoms with Gasteiger partial charge in [0.15, 0.2) is 68.3 Å². The lowest BCUT2D eigenvalue weighted by Gasteiger charge is -2.57. The molecule has 12 heterocycles. The Morgan fingerprint density at radius 2 is 0.527 bits per heavy atom. The van der Waals surface area contributed by atoms with Gasteiger partial charge in [0.1, 0.15) is 128 Å². The van der Waals surface area contributed by atoms with Crippen molar-refractivity contribution < 1.29 is 96.4 Å². The number of unbranched alkanes of at least 4 members (excludes halogenated alkanes) is 1. The number of aliphatic hydroxyl groups excluding tert-OH is 4. The maximum atomic E-state index is 12.5. The van der Waals surface area contributed by atoms with Crippen molar-refractivity contribution in [1.29, 1.82) is 0 Å². The molecule has 0 radical (unpaired) electrons. The Bertz CT molecular complexity index is 6290. The van der Waals surface area contributed by atoms with Crippen molar-refractivity contribution in [3.05, 3.63) is 48.6 Å². The average molecular weight is 2010 g/mol. The molecule has 40 heteroatoms. The third-order valence-corrected chi connectivity index (χ3v) is 35.7. The van der Waals surface area contributed by atoms with Gasteiger partial charge in [-0.15, -0.1) is 25.7 Å². The zero-order valence-corrected chi connectivity index (χ0v) is 83.6. The average Bonchev–Trinajstić information content (AvgIpc) is 1.61. The minimum absolute atomic E-state index is 0.0936. The topological polar surface area (TPSA) is 538 Å². The molecule has 8 aromatic heterocycles. The third kappa shape index (κ3) is 20.0. The third-order valence-electron chi connectivity index (χ3n) is 35.7. The number of nitrogen functional groups attached to an aromatic ring is 4. The maximum absolute atomic E-state index is 12.5. The van der Waals surface area contributed by atoms with Crippen molar-refractivity contribution >= 4 is 92.5 Å². The molecule has 146 heavy (non-hydrogen) atoms. The van der Waals surface area contributed by atoms with Crippen LogP contribution in [0.3, 0.4) is 0 Å². The largest absolute Gasteiger partial charge is 0.508 e. The number of anilines is 4. The van der Waals surface area contributed by atoms with Crippen molar-refractivity contribution in [1.82, 2.24) is 78.1 Å². The van der Waals surface area contributed by atoms with E-state index in [0.29, 0.717) is 111 Å². The van der Waals surface area contributed by atoms with Gasteiger partial charge in [-0.1, -0.05) is 23.7 Å². The van der Waals surface area contributed by atoms with Crippen LogP contribution in [0.5, 0.6) is 0 Å². The first kappa shape index (κ1) is 100. The molecule has 8 aromatic rings. The summed E-state index contributed by atoms with van der Waals surface area (Å²) in [6, 6.07) is 0. The van der Waals surface area contributed by atoms with E-state index in [-0.39, 0.29) is 80.8 Å². The lowest BCUT2D eigenvalue weighted by atomic mass is 9.48. The van der Waals surface area contributed by atoms with Crippen LogP contribution in [-0.4, -0.2) is 223 Å². The number of imidazole rings is 4. The summed E-state index contributed by atoms with van der Waals surface area (Å²) >= 11 is 0. The molecule has 0 spiro atoms. The highest BCUT2D eigenvalue weighted by atomic mass is 16.8. The van der Waals surface area contributed by atoms with Crippen LogP contribution in [0, 0.1) is 170 Å². The zero-order chi connectivity index (χ0) is 102. The Hall–Kier alpha value is -11.6. The molecule has 780 valence electrons. The fourth-order valence-corrected chi connectivity index (χ4v) is 31.0. The summed E-state index contributed by atoms with van der Waals surface area (Å²) in [6.07, 6.45) is 57.8. The molecule has 40 nitrogen and oxygen atoms in total. The highest BCUT2D eigenvalue weighted by Gasteiger charge is 2.59. The molecule has 16 aliphatic carbocycles. The summed E-state index contributed by atoms with van der Waals surface area (Å²) in [5, 5.41) is 43.1. The van der Waals surface area contributed by atoms with Gasteiger partial charge in [-0.05, 0) is 308 Å². The number of aromatic nitrogens is 16. The molecule has 0 amide bonds. The number of fused-ring (bicyclic) bond motifs is 4. The summed E-state index contributed by atoms with van der Waals surface area (Å²) < 4.78 is 73.9. The Labute approximate surface area is 846 Å². The van der Waals surface area contributed by atoms with Gasteiger partial charge in [0.05, 0.1) is 45.1 Å². The van der Waals surface area contributed by atoms with Crippen molar-refractivity contribution in [3.63, 3.8) is 0 Å². The van der Waals surface area contributed by atoms with E-state index in [9.17, 15) is 39.6 Å². The van der Waals surface area contributed by atoms with E-state index < -0.39 is 96.4 Å². The number of carbonyl (C=O) groups is 4. The molecule has 16 saturated carbocycles. The lowest BCUT2D eigenvalue weighted by Crippen LogP contribution is -2.48. The molecule has 12 atom stereocenters. The molecular weight excluding hydrogens is 1870 g/mol. The smallest absolute Gasteiger partial charge is 0.434 e. The molecule has 0 unspecified atom stereocenters. The maximum Gasteiger partial charge on any atom is 0.508 e. The Kier molecular flexibility index (Phi) is 27.3. The molecule has 20 fully saturated rings. The van der Waals surface area contributed by atoms with Crippen molar-refractivity contribution in [3.8, 4) is 49.4 Å². The lowest BCUT2D eigenvalue weighted by molar-refractivity contribution is -0.111. The van der Waals surface area contributed by atoms with E-state index in [2.05, 4.69) is 83.5 Å². The summed E-state index contributed by atoms with van der Waals surface area (Å²) in [5.41, 5.74) is 22.9. The van der Waals surface area contributed by atoms with E-state index in [0.717, 1.165) is 122 Å². The van der Waals surface area contributed by atoms with Gasteiger partial charge in [-0.2, -0.15) is 0 Å². The van der Waals surface area contributed by atoms with Gasteiger partial charge in [0, 0.05) is 31.1 Å². The first-order valence-corrected chi connectivity index (χ1v) is 52.5. The number of aryl methyl sites for hydroxylation is 4. The van der Waals surface area contributed by atoms with Crippen LogP contribution in [0.2, 0.25) is 0 Å². The van der Waals surface area contributed by atoms with Crippen molar-refractivity contribution in [2.45, 2.75) is 318 Å². The van der Waals surface area contributed by atoms with Gasteiger partial charge in [-0.3, -0.25) is 18.3 Å². The number of hydrogen-bond donors (Lipinski definition) is 8. The highest BCUT2D eigenvalue weighted by molar-refractivity contribution is 5.84. The number of rotatable bonds is 26. The van der Waals surface area contributed by atoms with E-state index in [1.54, 1.807) is 46.0 Å². The van der Waals surface area contributed by atoms with Gasteiger partial charge in [0.2, 0.25) is 0 Å². The quantitative estimate of drug-likeness (QED) is 0.0108. The van der Waals surface area contributed by atoms with Crippen LogP contribution in [0.4, 0.5) is 42.4 Å². The normalized spacial score (nSPS) is 36.4. The Morgan fingerprint density at radius 1 is 0.308 bits per heavy atom. The van der Waals surface area contributed by atoms with E-state index in [4.69, 9.17) is 105 Å². The molecule has 0 aromatic carbocycles. The minimum atomic E-state index is -1.51. The summed E-state index contributed by atoms with van der Waals surface area (Å²) in [5.74, 6) is 23.4. The zero-order valence-electron chi connectivity index (χ0n) is 83.6. The summed E-state index contributed by atoms with van der Waals surface area (Å²) in [6.45, 7) is 6.97. The standard InChI is InChI=1S/C28H37N5O5.C27H35N5O5.C26H33N5O5.C25H31N5O5/c1-3-28(21(34)11-22(38-28)33-16-30-23-24(29)31-17(2)32-25(23)33)15-37-26(35)36-7-5-4-6-27-12-18-8-19(13-27)10-20(9-18)14-27;1-3-27(20(33)10-21(37-27)32-15-29-22-23(28)30-16(2)31-24(22)32)14-36-25(34)35-6-4-5-26-11-17-7-18(12-26)9-19(8-17)13-26;1-3-26(19(32)9-20(36-26)31-14-28-21-22(27)29-15(2)30-23(21)31)13-35-24(33)34-5-4-25-10-16-6-17(11-25)8-18(7-16)12-25;1-3-25(12-34-23(32)33-11-24-8-15-4-16(9-24)6-17(5-15)10-24)18(31)7-19(35-25)30-13-27-20-21(26)28-14(2)29-22(20)30/h1,16,18-22,34H,4-15H2,2H3,(H2,29,31,32);1,15,17-21,33H,4-14H2,2H3,(H2,28,30,31);1,14,16-20,32H,4-13H2,2H3,(H2,27,29,30);1,13,15-19,31H,4-12H2,2H3,(H2,26,28,29)/t18?,19?,20?,21-,22+,27?,28+;17?,18?,19?,20-,21+,26?,27+;16?,17?,18?,19-,20+,25?,26+;15?,16?,17?,18-,19+,24?,25+/m0000/s1. The number of hydrogen-bond acceptors (Lipinski definition) is 36. The van der Waals surface area contributed by atoms with E-state index >= 15 is 0 Å². The Balaban J connectivity index is 0.000000114. The second-order valence-electron chi connectivity index (χ2n) is 46.3. The van der Waals surface area contributed by atoms with Gasteiger partial charge >= 0.3 is 24.6 Å². The molecule has 12 N–H and O–H groups in total. The SMILES string of the molecule is C#C[C@]1(COC(=O)OCC23CC4CC(CC(C4)C2)C3)O[C@@H](n2cnc3c(N)nc(C)nc32)C[C@@H]1O.C#C[C@]1(COC(=O)OCCC23CC4CC(CC(C4)C2)C3)O[C@@H](n2cnc3c(N)nc(C)nc32)C[C@@H]1O.C#C[C@]1(COC(=O)OCCCC23CC4CC(CC(C4)C2)C3)O[C@@H](n2cnc3c(N)nc(C)nc32)C[C@@H]1O.C#C[C@]1(COC(=O)OCCCCC23CC4CC(CC(C4)C2)C3)O[C@@H](n2cnc3c(N)nc(C)nc32)C[C@@H]1O. The molecule has 28 rings (SSSR count). The second kappa shape index (κ2) is 39.8. The van der Waals surface area contributed by atoms with Crippen LogP contribution < -0.4 is 22.9 Å². The number of carbonyl (C=O) groups excluding carboxylic acids is 4. The van der Waals surface area contributed by atoms with Crippen molar-refractivity contribution in [2.24, 2.45) is 92.7 Å². The van der Waals surface area contributed by atoms with Gasteiger partial charge in [0.25, 0.3) is 0 Å². The number of nitrogens with two attached hydrogens (primary N) is 4. The number of nitrogens with zero attached hydrogens (tertiary/aromatic N) is 16. The van der Waals surface area contributed by atoms with E-state index in [1.165, 1.54) is 167 Å².